The van der Waals surface area contributed by atoms with E-state index in [9.17, 15) is 9.59 Å². The number of amides is 2. The number of aryl methyl sites for hydroxylation is 2. The van der Waals surface area contributed by atoms with Crippen LogP contribution in [0.1, 0.15) is 22.9 Å². The zero-order chi connectivity index (χ0) is 21.5. The van der Waals surface area contributed by atoms with Crippen LogP contribution in [0, 0.1) is 13.8 Å². The fraction of sp³-hybridized carbons (Fsp3) is 0.333. The van der Waals surface area contributed by atoms with Crippen LogP contribution < -0.4 is 5.32 Å². The molecule has 9 heteroatoms. The first-order valence-electron chi connectivity index (χ1n) is 9.65. The minimum absolute atomic E-state index is 0.0467. The molecule has 3 rings (SSSR count). The molecule has 0 unspecified atom stereocenters. The van der Waals surface area contributed by atoms with Crippen LogP contribution in [0.25, 0.3) is 5.69 Å². The Morgan fingerprint density at radius 3 is 2.80 bits per heavy atom. The Balaban J connectivity index is 1.56. The van der Waals surface area contributed by atoms with Gasteiger partial charge in [0, 0.05) is 11.4 Å². The zero-order valence-corrected chi connectivity index (χ0v) is 18.9. The average molecular weight is 444 g/mol. The topological polar surface area (TPSA) is 80.1 Å². The van der Waals surface area contributed by atoms with Crippen molar-refractivity contribution >= 4 is 34.9 Å². The van der Waals surface area contributed by atoms with Gasteiger partial charge in [-0.3, -0.25) is 14.2 Å². The highest BCUT2D eigenvalue weighted by Crippen LogP contribution is 2.23. The molecule has 30 heavy (non-hydrogen) atoms. The Morgan fingerprint density at radius 1 is 1.27 bits per heavy atom. The lowest BCUT2D eigenvalue weighted by molar-refractivity contribution is -0.133. The van der Waals surface area contributed by atoms with Gasteiger partial charge in [-0.25, -0.2) is 0 Å². The first-order chi connectivity index (χ1) is 14.5. The van der Waals surface area contributed by atoms with Gasteiger partial charge in [-0.15, -0.1) is 21.5 Å². The number of benzene rings is 1. The molecule has 0 aliphatic carbocycles. The first kappa shape index (κ1) is 22.0. The number of likely N-dealkylation sites (N-methyl/N-ethyl adjacent to an activating group) is 1. The van der Waals surface area contributed by atoms with Crippen LogP contribution in [0.4, 0.5) is 0 Å². The van der Waals surface area contributed by atoms with E-state index in [1.807, 2.05) is 55.0 Å². The molecular weight excluding hydrogens is 418 g/mol. The van der Waals surface area contributed by atoms with Crippen LogP contribution in [0.5, 0.6) is 0 Å². The largest absolute Gasteiger partial charge is 0.350 e. The standard InChI is InChI=1S/C21H25N5O2S2/c1-4-25(12-19(27)22-11-17-6-5-9-29-17)20(28)13-30-21-24-23-14-26(21)18-8-7-15(2)10-16(18)3/h5-10,14H,4,11-13H2,1-3H3,(H,22,27). The van der Waals surface area contributed by atoms with Crippen molar-refractivity contribution in [3.05, 3.63) is 58.0 Å². The van der Waals surface area contributed by atoms with Gasteiger partial charge in [0.25, 0.3) is 0 Å². The fourth-order valence-corrected chi connectivity index (χ4v) is 4.45. The lowest BCUT2D eigenvalue weighted by Gasteiger charge is -2.20. The van der Waals surface area contributed by atoms with Crippen LogP contribution in [0.2, 0.25) is 0 Å². The number of carbonyl (C=O) groups is 2. The molecule has 0 aliphatic rings. The molecule has 2 aromatic heterocycles. The third-order valence-electron chi connectivity index (χ3n) is 4.56. The van der Waals surface area contributed by atoms with E-state index in [2.05, 4.69) is 21.6 Å². The number of nitrogens with zero attached hydrogens (tertiary/aromatic N) is 4. The maximum absolute atomic E-state index is 12.7. The molecule has 2 heterocycles. The highest BCUT2D eigenvalue weighted by Gasteiger charge is 2.18. The van der Waals surface area contributed by atoms with Gasteiger partial charge in [0.1, 0.15) is 6.33 Å². The van der Waals surface area contributed by atoms with E-state index in [0.29, 0.717) is 18.2 Å². The van der Waals surface area contributed by atoms with Crippen molar-refractivity contribution in [1.82, 2.24) is 25.0 Å². The minimum Gasteiger partial charge on any atom is -0.350 e. The van der Waals surface area contributed by atoms with Crippen LogP contribution in [0.15, 0.2) is 47.2 Å². The van der Waals surface area contributed by atoms with E-state index in [1.165, 1.54) is 17.3 Å². The summed E-state index contributed by atoms with van der Waals surface area (Å²) < 4.78 is 1.89. The molecule has 0 saturated carbocycles. The first-order valence-corrected chi connectivity index (χ1v) is 11.5. The van der Waals surface area contributed by atoms with Crippen LogP contribution in [-0.2, 0) is 16.1 Å². The lowest BCUT2D eigenvalue weighted by Crippen LogP contribution is -2.41. The minimum atomic E-state index is -0.165. The Hall–Kier alpha value is -2.65. The van der Waals surface area contributed by atoms with Crippen molar-refractivity contribution < 1.29 is 9.59 Å². The van der Waals surface area contributed by atoms with Crippen molar-refractivity contribution in [2.24, 2.45) is 0 Å². The maximum atomic E-state index is 12.7. The fourth-order valence-electron chi connectivity index (χ4n) is 2.99. The smallest absolute Gasteiger partial charge is 0.239 e. The summed E-state index contributed by atoms with van der Waals surface area (Å²) in [5.74, 6) is -0.0821. The molecule has 0 saturated heterocycles. The van der Waals surface area contributed by atoms with Crippen molar-refractivity contribution in [2.45, 2.75) is 32.5 Å². The number of nitrogens with one attached hydrogen (secondary N) is 1. The van der Waals surface area contributed by atoms with Crippen LogP contribution >= 0.6 is 23.1 Å². The molecule has 0 bridgehead atoms. The molecule has 1 N–H and O–H groups in total. The number of hydrogen-bond donors (Lipinski definition) is 1. The SMILES string of the molecule is CCN(CC(=O)NCc1cccs1)C(=O)CSc1nncn1-c1ccc(C)cc1C. The zero-order valence-electron chi connectivity index (χ0n) is 17.3. The van der Waals surface area contributed by atoms with Gasteiger partial charge in [0.05, 0.1) is 24.5 Å². The van der Waals surface area contributed by atoms with Crippen molar-refractivity contribution in [3.8, 4) is 5.69 Å². The summed E-state index contributed by atoms with van der Waals surface area (Å²) in [4.78, 5) is 27.5. The van der Waals surface area contributed by atoms with E-state index in [-0.39, 0.29) is 24.1 Å². The summed E-state index contributed by atoms with van der Waals surface area (Å²) in [7, 11) is 0. The molecule has 0 aliphatic heterocycles. The molecule has 0 spiro atoms. The second-order valence-electron chi connectivity index (χ2n) is 6.83. The average Bonchev–Trinajstić information content (AvgIpc) is 3.40. The lowest BCUT2D eigenvalue weighted by atomic mass is 10.1. The van der Waals surface area contributed by atoms with Gasteiger partial charge in [-0.05, 0) is 43.8 Å². The van der Waals surface area contributed by atoms with Crippen LogP contribution in [-0.4, -0.2) is 50.3 Å². The van der Waals surface area contributed by atoms with Gasteiger partial charge in [-0.2, -0.15) is 0 Å². The summed E-state index contributed by atoms with van der Waals surface area (Å²) >= 11 is 2.91. The van der Waals surface area contributed by atoms with E-state index in [0.717, 1.165) is 16.1 Å². The second kappa shape index (κ2) is 10.4. The number of rotatable bonds is 9. The van der Waals surface area contributed by atoms with E-state index in [4.69, 9.17) is 0 Å². The summed E-state index contributed by atoms with van der Waals surface area (Å²) in [6.45, 7) is 6.95. The van der Waals surface area contributed by atoms with Gasteiger partial charge in [-0.1, -0.05) is 35.5 Å². The van der Waals surface area contributed by atoms with E-state index in [1.54, 1.807) is 22.6 Å². The third-order valence-corrected chi connectivity index (χ3v) is 6.37. The molecule has 0 fully saturated rings. The normalized spacial score (nSPS) is 10.8. The molecule has 2 amide bonds. The molecule has 3 aromatic rings. The van der Waals surface area contributed by atoms with Gasteiger partial charge < -0.3 is 10.2 Å². The highest BCUT2D eigenvalue weighted by atomic mass is 32.2. The van der Waals surface area contributed by atoms with Crippen molar-refractivity contribution in [3.63, 3.8) is 0 Å². The van der Waals surface area contributed by atoms with Crippen molar-refractivity contribution in [1.29, 1.82) is 0 Å². The van der Waals surface area contributed by atoms with Gasteiger partial charge in [0.2, 0.25) is 11.8 Å². The molecular formula is C21H25N5O2S2. The number of hydrogen-bond acceptors (Lipinski definition) is 6. The highest BCUT2D eigenvalue weighted by molar-refractivity contribution is 7.99. The molecule has 158 valence electrons. The summed E-state index contributed by atoms with van der Waals surface area (Å²) in [6.07, 6.45) is 1.65. The summed E-state index contributed by atoms with van der Waals surface area (Å²) in [5, 5.41) is 13.6. The molecule has 1 aromatic carbocycles. The predicted octanol–water partition coefficient (Wildman–Crippen LogP) is 3.20. The monoisotopic (exact) mass is 443 g/mol. The Morgan fingerprint density at radius 2 is 2.10 bits per heavy atom. The Bertz CT molecular complexity index is 1000. The number of thiophene rings is 1. The molecule has 7 nitrogen and oxygen atoms in total. The maximum Gasteiger partial charge on any atom is 0.239 e. The van der Waals surface area contributed by atoms with Gasteiger partial charge in [0.15, 0.2) is 5.16 Å². The molecule has 0 atom stereocenters. The van der Waals surface area contributed by atoms with E-state index < -0.39 is 0 Å². The summed E-state index contributed by atoms with van der Waals surface area (Å²) in [5.41, 5.74) is 3.28. The van der Waals surface area contributed by atoms with Gasteiger partial charge >= 0.3 is 0 Å². The predicted molar refractivity (Wildman–Crippen MR) is 120 cm³/mol. The number of carbonyl (C=O) groups excluding carboxylic acids is 2. The third kappa shape index (κ3) is 5.70. The Kier molecular flexibility index (Phi) is 7.64. The van der Waals surface area contributed by atoms with E-state index >= 15 is 0 Å². The second-order valence-corrected chi connectivity index (χ2v) is 8.80. The quantitative estimate of drug-likeness (QED) is 0.514. The summed E-state index contributed by atoms with van der Waals surface area (Å²) in [6, 6.07) is 10.1. The molecule has 0 radical (unpaired) electrons. The Labute approximate surface area is 184 Å². The van der Waals surface area contributed by atoms with Crippen molar-refractivity contribution in [2.75, 3.05) is 18.8 Å². The number of aromatic nitrogens is 3. The number of thioether (sulfide) groups is 1. The van der Waals surface area contributed by atoms with Crippen LogP contribution in [0.3, 0.4) is 0 Å².